The lowest BCUT2D eigenvalue weighted by Gasteiger charge is -2.27. The van der Waals surface area contributed by atoms with Crippen LogP contribution < -0.4 is 9.64 Å². The van der Waals surface area contributed by atoms with Crippen LogP contribution in [-0.4, -0.2) is 67.1 Å². The van der Waals surface area contributed by atoms with E-state index in [4.69, 9.17) is 14.6 Å². The number of benzene rings is 1. The summed E-state index contributed by atoms with van der Waals surface area (Å²) in [6, 6.07) is 7.97. The van der Waals surface area contributed by atoms with E-state index in [1.165, 1.54) is 0 Å². The van der Waals surface area contributed by atoms with Crippen LogP contribution in [0.5, 0.6) is 5.75 Å². The van der Waals surface area contributed by atoms with Crippen LogP contribution in [0.15, 0.2) is 30.5 Å². The quantitative estimate of drug-likeness (QED) is 0.806. The second-order valence-electron chi connectivity index (χ2n) is 6.98. The van der Waals surface area contributed by atoms with Crippen molar-refractivity contribution in [2.45, 2.75) is 19.4 Å². The molecule has 0 unspecified atom stereocenters. The molecule has 4 rings (SSSR count). The molecule has 0 aliphatic carbocycles. The number of likely N-dealkylation sites (tertiary alicyclic amines) is 1. The summed E-state index contributed by atoms with van der Waals surface area (Å²) in [5, 5.41) is 4.77. The average Bonchev–Trinajstić information content (AvgIpc) is 3.39. The van der Waals surface area contributed by atoms with Gasteiger partial charge in [0.2, 0.25) is 5.91 Å². The Labute approximate surface area is 159 Å². The monoisotopic (exact) mass is 370 g/mol. The molecule has 1 aromatic heterocycles. The van der Waals surface area contributed by atoms with Crippen LogP contribution in [-0.2, 0) is 16.1 Å². The summed E-state index contributed by atoms with van der Waals surface area (Å²) in [4.78, 5) is 16.7. The van der Waals surface area contributed by atoms with Crippen molar-refractivity contribution in [1.29, 1.82) is 0 Å². The van der Waals surface area contributed by atoms with Crippen molar-refractivity contribution < 1.29 is 14.3 Å². The normalized spacial score (nSPS) is 17.4. The largest absolute Gasteiger partial charge is 0.497 e. The lowest BCUT2D eigenvalue weighted by Crippen LogP contribution is -2.37. The van der Waals surface area contributed by atoms with E-state index in [-0.39, 0.29) is 12.5 Å². The highest BCUT2D eigenvalue weighted by atomic mass is 16.5. The van der Waals surface area contributed by atoms with Gasteiger partial charge in [-0.3, -0.25) is 9.48 Å². The van der Waals surface area contributed by atoms with Crippen LogP contribution in [0.4, 0.5) is 5.82 Å². The predicted octanol–water partition coefficient (Wildman–Crippen LogP) is 2.02. The number of amides is 1. The number of aromatic nitrogens is 2. The summed E-state index contributed by atoms with van der Waals surface area (Å²) in [5.41, 5.74) is 2.10. The Hall–Kier alpha value is -2.54. The number of hydrogen-bond donors (Lipinski definition) is 0. The maximum Gasteiger partial charge on any atom is 0.244 e. The number of anilines is 1. The molecule has 2 fully saturated rings. The number of ether oxygens (including phenoxy) is 2. The molecule has 3 heterocycles. The first-order chi connectivity index (χ1) is 13.2. The SMILES string of the molecule is COc1ccc(-c2cn(CC(=O)N3CCCC3)nc2N2CCOCC2)cc1. The summed E-state index contributed by atoms with van der Waals surface area (Å²) in [5.74, 6) is 1.88. The molecule has 7 heteroatoms. The molecular formula is C20H26N4O3. The Kier molecular flexibility index (Phi) is 5.29. The zero-order valence-electron chi connectivity index (χ0n) is 15.8. The van der Waals surface area contributed by atoms with Crippen LogP contribution in [0.3, 0.4) is 0 Å². The fraction of sp³-hybridized carbons (Fsp3) is 0.500. The van der Waals surface area contributed by atoms with Gasteiger partial charge >= 0.3 is 0 Å². The lowest BCUT2D eigenvalue weighted by atomic mass is 10.1. The third-order valence-electron chi connectivity index (χ3n) is 5.21. The zero-order chi connectivity index (χ0) is 18.6. The van der Waals surface area contributed by atoms with Gasteiger partial charge in [0, 0.05) is 37.9 Å². The van der Waals surface area contributed by atoms with Crippen LogP contribution in [0.25, 0.3) is 11.1 Å². The van der Waals surface area contributed by atoms with E-state index in [0.717, 1.165) is 61.7 Å². The molecule has 144 valence electrons. The van der Waals surface area contributed by atoms with Crippen LogP contribution in [0.2, 0.25) is 0 Å². The summed E-state index contributed by atoms with van der Waals surface area (Å²) in [7, 11) is 1.66. The van der Waals surface area contributed by atoms with Gasteiger partial charge in [0.1, 0.15) is 12.3 Å². The maximum absolute atomic E-state index is 12.5. The van der Waals surface area contributed by atoms with Gasteiger partial charge in [-0.2, -0.15) is 5.10 Å². The number of carbonyl (C=O) groups is 1. The van der Waals surface area contributed by atoms with Gasteiger partial charge in [-0.05, 0) is 30.5 Å². The van der Waals surface area contributed by atoms with E-state index in [0.29, 0.717) is 13.2 Å². The number of morpholine rings is 1. The average molecular weight is 370 g/mol. The summed E-state index contributed by atoms with van der Waals surface area (Å²) >= 11 is 0. The number of hydrogen-bond acceptors (Lipinski definition) is 5. The minimum Gasteiger partial charge on any atom is -0.497 e. The fourth-order valence-corrected chi connectivity index (χ4v) is 3.68. The molecule has 1 aromatic carbocycles. The van der Waals surface area contributed by atoms with Crippen molar-refractivity contribution in [3.63, 3.8) is 0 Å². The van der Waals surface area contributed by atoms with Gasteiger partial charge in [-0.15, -0.1) is 0 Å². The molecule has 0 saturated carbocycles. The van der Waals surface area contributed by atoms with E-state index in [9.17, 15) is 4.79 Å². The number of rotatable bonds is 5. The first-order valence-corrected chi connectivity index (χ1v) is 9.57. The highest BCUT2D eigenvalue weighted by molar-refractivity contribution is 5.78. The number of nitrogens with zero attached hydrogens (tertiary/aromatic N) is 4. The van der Waals surface area contributed by atoms with E-state index in [2.05, 4.69) is 4.90 Å². The molecule has 7 nitrogen and oxygen atoms in total. The molecule has 2 aliphatic heterocycles. The Morgan fingerprint density at radius 2 is 1.81 bits per heavy atom. The zero-order valence-corrected chi connectivity index (χ0v) is 15.8. The Morgan fingerprint density at radius 3 is 2.48 bits per heavy atom. The highest BCUT2D eigenvalue weighted by Crippen LogP contribution is 2.31. The van der Waals surface area contributed by atoms with Gasteiger partial charge in [-0.1, -0.05) is 12.1 Å². The molecule has 0 bridgehead atoms. The van der Waals surface area contributed by atoms with Gasteiger partial charge < -0.3 is 19.3 Å². The van der Waals surface area contributed by atoms with E-state index in [1.54, 1.807) is 11.8 Å². The Balaban J connectivity index is 1.62. The third-order valence-corrected chi connectivity index (χ3v) is 5.21. The van der Waals surface area contributed by atoms with Crippen LogP contribution >= 0.6 is 0 Å². The van der Waals surface area contributed by atoms with Crippen molar-refractivity contribution in [3.8, 4) is 16.9 Å². The number of methoxy groups -OCH3 is 1. The summed E-state index contributed by atoms with van der Waals surface area (Å²) < 4.78 is 12.5. The third kappa shape index (κ3) is 3.93. The second kappa shape index (κ2) is 8.00. The van der Waals surface area contributed by atoms with Gasteiger partial charge in [0.05, 0.1) is 20.3 Å². The Bertz CT molecular complexity index is 775. The molecule has 27 heavy (non-hydrogen) atoms. The molecule has 2 saturated heterocycles. The highest BCUT2D eigenvalue weighted by Gasteiger charge is 2.23. The predicted molar refractivity (Wildman–Crippen MR) is 103 cm³/mol. The van der Waals surface area contributed by atoms with Crippen LogP contribution in [0, 0.1) is 0 Å². The standard InChI is InChI=1S/C20H26N4O3/c1-26-17-6-4-16(5-7-17)18-14-24(15-19(25)22-8-2-3-9-22)21-20(18)23-10-12-27-13-11-23/h4-7,14H,2-3,8-13,15H2,1H3. The van der Waals surface area contributed by atoms with Crippen molar-refractivity contribution in [2.24, 2.45) is 0 Å². The maximum atomic E-state index is 12.5. The van der Waals surface area contributed by atoms with Crippen molar-refractivity contribution >= 4 is 11.7 Å². The minimum absolute atomic E-state index is 0.143. The first kappa shape index (κ1) is 17.9. The first-order valence-electron chi connectivity index (χ1n) is 9.57. The minimum atomic E-state index is 0.143. The lowest BCUT2D eigenvalue weighted by molar-refractivity contribution is -0.130. The summed E-state index contributed by atoms with van der Waals surface area (Å²) in [6.07, 6.45) is 4.18. The molecule has 0 atom stereocenters. The van der Waals surface area contributed by atoms with Crippen LogP contribution in [0.1, 0.15) is 12.8 Å². The molecule has 2 aromatic rings. The molecule has 2 aliphatic rings. The van der Waals surface area contributed by atoms with Gasteiger partial charge in [0.15, 0.2) is 5.82 Å². The van der Waals surface area contributed by atoms with Crippen molar-refractivity contribution in [2.75, 3.05) is 51.4 Å². The van der Waals surface area contributed by atoms with Crippen molar-refractivity contribution in [1.82, 2.24) is 14.7 Å². The molecule has 0 N–H and O–H groups in total. The smallest absolute Gasteiger partial charge is 0.244 e. The Morgan fingerprint density at radius 1 is 1.11 bits per heavy atom. The molecule has 1 amide bonds. The molecular weight excluding hydrogens is 344 g/mol. The summed E-state index contributed by atoms with van der Waals surface area (Å²) in [6.45, 7) is 5.01. The van der Waals surface area contributed by atoms with E-state index < -0.39 is 0 Å². The second-order valence-corrected chi connectivity index (χ2v) is 6.98. The topological polar surface area (TPSA) is 59.8 Å². The van der Waals surface area contributed by atoms with Gasteiger partial charge in [0.25, 0.3) is 0 Å². The fourth-order valence-electron chi connectivity index (χ4n) is 3.68. The van der Waals surface area contributed by atoms with E-state index >= 15 is 0 Å². The van der Waals surface area contributed by atoms with Crippen molar-refractivity contribution in [3.05, 3.63) is 30.5 Å². The van der Waals surface area contributed by atoms with E-state index in [1.807, 2.05) is 35.4 Å². The van der Waals surface area contributed by atoms with Gasteiger partial charge in [-0.25, -0.2) is 0 Å². The molecule has 0 radical (unpaired) electrons. The molecule has 0 spiro atoms. The number of carbonyl (C=O) groups excluding carboxylic acids is 1.